The molecule has 2 N–H and O–H groups in total. The van der Waals surface area contributed by atoms with Gasteiger partial charge in [-0.1, -0.05) is 30.3 Å². The number of benzene rings is 1. The van der Waals surface area contributed by atoms with Crippen LogP contribution >= 0.6 is 0 Å². The van der Waals surface area contributed by atoms with E-state index >= 15 is 0 Å². The summed E-state index contributed by atoms with van der Waals surface area (Å²) in [7, 11) is 3.97. The molecule has 2 fully saturated rings. The van der Waals surface area contributed by atoms with Crippen LogP contribution in [0.1, 0.15) is 58.9 Å². The molecule has 1 aromatic carbocycles. The lowest BCUT2D eigenvalue weighted by molar-refractivity contribution is 0.00544. The van der Waals surface area contributed by atoms with Gasteiger partial charge in [-0.25, -0.2) is 4.79 Å². The molecule has 2 heterocycles. The molecule has 2 bridgehead atoms. The van der Waals surface area contributed by atoms with E-state index in [2.05, 4.69) is 58.8 Å². The highest BCUT2D eigenvalue weighted by atomic mass is 16.6. The monoisotopic (exact) mass is 443 g/mol. The number of nitrogens with zero attached hydrogens (tertiary/aromatic N) is 3. The molecule has 2 saturated heterocycles. The van der Waals surface area contributed by atoms with Gasteiger partial charge in [-0.05, 0) is 66.0 Å². The highest BCUT2D eigenvalue weighted by Gasteiger charge is 2.45. The minimum absolute atomic E-state index is 0.166. The van der Waals surface area contributed by atoms with E-state index in [1.165, 1.54) is 5.56 Å². The molecule has 178 valence electrons. The van der Waals surface area contributed by atoms with Crippen LogP contribution in [-0.2, 0) is 11.3 Å². The zero-order valence-electron chi connectivity index (χ0n) is 20.6. The van der Waals surface area contributed by atoms with E-state index in [9.17, 15) is 4.79 Å². The van der Waals surface area contributed by atoms with Crippen molar-refractivity contribution in [2.24, 2.45) is 4.99 Å². The summed E-state index contributed by atoms with van der Waals surface area (Å²) in [6.07, 6.45) is 3.80. The summed E-state index contributed by atoms with van der Waals surface area (Å²) in [5, 5.41) is 7.09. The molecule has 3 unspecified atom stereocenters. The summed E-state index contributed by atoms with van der Waals surface area (Å²) in [6, 6.07) is 11.7. The fraction of sp³-hybridized carbons (Fsp3) is 0.680. The number of hydrogen-bond donors (Lipinski definition) is 2. The second kappa shape index (κ2) is 10.6. The lowest BCUT2D eigenvalue weighted by Gasteiger charge is -2.40. The molecule has 32 heavy (non-hydrogen) atoms. The molecule has 2 aliphatic heterocycles. The fourth-order valence-electron chi connectivity index (χ4n) is 4.72. The standard InChI is InChI=1S/C25H41N5O2/c1-18(29(6)17-19-10-8-7-9-11-19)16-27-23(26-5)28-20-14-21-12-13-22(15-20)30(21)24(31)32-25(2,3)4/h7-11,18,20-22H,12-17H2,1-6H3,(H2,26,27,28). The summed E-state index contributed by atoms with van der Waals surface area (Å²) in [5.74, 6) is 0.833. The maximum absolute atomic E-state index is 12.7. The average Bonchev–Trinajstić information content (AvgIpc) is 3.01. The lowest BCUT2D eigenvalue weighted by Crippen LogP contribution is -2.55. The molecule has 0 spiro atoms. The number of rotatable bonds is 6. The van der Waals surface area contributed by atoms with Crippen LogP contribution in [0.3, 0.4) is 0 Å². The van der Waals surface area contributed by atoms with Gasteiger partial charge in [0.2, 0.25) is 0 Å². The first-order valence-corrected chi connectivity index (χ1v) is 11.9. The predicted molar refractivity (Wildman–Crippen MR) is 130 cm³/mol. The molecule has 2 aliphatic rings. The number of carbonyl (C=O) groups excluding carboxylic acids is 1. The van der Waals surface area contributed by atoms with Crippen molar-refractivity contribution in [2.75, 3.05) is 20.6 Å². The third-order valence-corrected chi connectivity index (χ3v) is 6.49. The minimum Gasteiger partial charge on any atom is -0.444 e. The molecular formula is C25H41N5O2. The van der Waals surface area contributed by atoms with Gasteiger partial charge in [-0.2, -0.15) is 0 Å². The maximum atomic E-state index is 12.7. The second-order valence-electron chi connectivity index (χ2n) is 10.3. The molecule has 0 radical (unpaired) electrons. The Labute approximate surface area is 193 Å². The Morgan fingerprint density at radius 1 is 1.22 bits per heavy atom. The van der Waals surface area contributed by atoms with Gasteiger partial charge in [0, 0.05) is 44.3 Å². The largest absolute Gasteiger partial charge is 0.444 e. The second-order valence-corrected chi connectivity index (χ2v) is 10.3. The third kappa shape index (κ3) is 6.61. The molecule has 3 atom stereocenters. The van der Waals surface area contributed by atoms with Crippen LogP contribution in [0.4, 0.5) is 4.79 Å². The minimum atomic E-state index is -0.456. The Balaban J connectivity index is 1.47. The number of amides is 1. The van der Waals surface area contributed by atoms with Gasteiger partial charge in [-0.15, -0.1) is 0 Å². The van der Waals surface area contributed by atoms with Crippen molar-refractivity contribution in [3.63, 3.8) is 0 Å². The number of hydrogen-bond acceptors (Lipinski definition) is 4. The van der Waals surface area contributed by atoms with Crippen molar-refractivity contribution in [1.82, 2.24) is 20.4 Å². The van der Waals surface area contributed by atoms with Gasteiger partial charge < -0.3 is 20.3 Å². The quantitative estimate of drug-likeness (QED) is 0.519. The number of aliphatic imine (C=N–C) groups is 1. The summed E-state index contributed by atoms with van der Waals surface area (Å²) >= 11 is 0. The van der Waals surface area contributed by atoms with Crippen molar-refractivity contribution in [1.29, 1.82) is 0 Å². The first-order chi connectivity index (χ1) is 15.2. The Hall–Kier alpha value is -2.28. The number of guanidine groups is 1. The Morgan fingerprint density at radius 2 is 1.84 bits per heavy atom. The van der Waals surface area contributed by atoms with Gasteiger partial charge in [0.05, 0.1) is 0 Å². The van der Waals surface area contributed by atoms with E-state index in [4.69, 9.17) is 4.74 Å². The number of nitrogens with one attached hydrogen (secondary N) is 2. The van der Waals surface area contributed by atoms with Crippen molar-refractivity contribution < 1.29 is 9.53 Å². The number of carbonyl (C=O) groups is 1. The molecule has 7 nitrogen and oxygen atoms in total. The van der Waals surface area contributed by atoms with E-state index in [0.717, 1.165) is 44.7 Å². The van der Waals surface area contributed by atoms with Crippen LogP contribution in [0.25, 0.3) is 0 Å². The summed E-state index contributed by atoms with van der Waals surface area (Å²) in [6.45, 7) is 9.73. The topological polar surface area (TPSA) is 69.2 Å². The van der Waals surface area contributed by atoms with E-state index in [1.807, 2.05) is 38.8 Å². The molecular weight excluding hydrogens is 402 g/mol. The normalized spacial score (nSPS) is 24.4. The predicted octanol–water partition coefficient (Wildman–Crippen LogP) is 3.60. The molecule has 1 aromatic rings. The Morgan fingerprint density at radius 3 is 2.41 bits per heavy atom. The molecule has 0 aliphatic carbocycles. The molecule has 7 heteroatoms. The molecule has 0 saturated carbocycles. The van der Waals surface area contributed by atoms with Gasteiger partial charge in [0.1, 0.15) is 5.60 Å². The highest BCUT2D eigenvalue weighted by molar-refractivity contribution is 5.80. The maximum Gasteiger partial charge on any atom is 0.410 e. The fourth-order valence-corrected chi connectivity index (χ4v) is 4.72. The lowest BCUT2D eigenvalue weighted by atomic mass is 9.98. The molecule has 1 amide bonds. The summed E-state index contributed by atoms with van der Waals surface area (Å²) in [5.41, 5.74) is 0.860. The van der Waals surface area contributed by atoms with E-state index in [0.29, 0.717) is 12.1 Å². The first kappa shape index (κ1) is 24.4. The van der Waals surface area contributed by atoms with Crippen molar-refractivity contribution in [3.8, 4) is 0 Å². The van der Waals surface area contributed by atoms with Gasteiger partial charge >= 0.3 is 6.09 Å². The van der Waals surface area contributed by atoms with Crippen molar-refractivity contribution in [2.45, 2.75) is 89.7 Å². The zero-order chi connectivity index (χ0) is 23.3. The number of likely N-dealkylation sites (N-methyl/N-ethyl adjacent to an activating group) is 1. The summed E-state index contributed by atoms with van der Waals surface area (Å²) < 4.78 is 5.65. The Bertz CT molecular complexity index is 762. The average molecular weight is 444 g/mol. The summed E-state index contributed by atoms with van der Waals surface area (Å²) in [4.78, 5) is 21.4. The van der Waals surface area contributed by atoms with Gasteiger partial charge in [0.15, 0.2) is 5.96 Å². The number of fused-ring (bicyclic) bond motifs is 2. The van der Waals surface area contributed by atoms with Crippen molar-refractivity contribution >= 4 is 12.1 Å². The van der Waals surface area contributed by atoms with Crippen LogP contribution in [0, 0.1) is 0 Å². The Kier molecular flexibility index (Phi) is 8.04. The van der Waals surface area contributed by atoms with Crippen LogP contribution in [0.15, 0.2) is 35.3 Å². The van der Waals surface area contributed by atoms with Gasteiger partial charge in [-0.3, -0.25) is 9.89 Å². The van der Waals surface area contributed by atoms with Crippen LogP contribution in [0.5, 0.6) is 0 Å². The SMILES string of the molecule is CN=C(NCC(C)N(C)Cc1ccccc1)NC1CC2CCC(C1)N2C(=O)OC(C)(C)C. The van der Waals surface area contributed by atoms with Crippen LogP contribution < -0.4 is 10.6 Å². The van der Waals surface area contributed by atoms with E-state index in [1.54, 1.807) is 0 Å². The third-order valence-electron chi connectivity index (χ3n) is 6.49. The van der Waals surface area contributed by atoms with E-state index in [-0.39, 0.29) is 18.2 Å². The molecule has 3 rings (SSSR count). The van der Waals surface area contributed by atoms with E-state index < -0.39 is 5.60 Å². The first-order valence-electron chi connectivity index (χ1n) is 11.9. The van der Waals surface area contributed by atoms with Gasteiger partial charge in [0.25, 0.3) is 0 Å². The molecule has 0 aromatic heterocycles. The highest BCUT2D eigenvalue weighted by Crippen LogP contribution is 2.36. The number of piperidine rings is 1. The van der Waals surface area contributed by atoms with Crippen LogP contribution in [0.2, 0.25) is 0 Å². The van der Waals surface area contributed by atoms with Crippen molar-refractivity contribution in [3.05, 3.63) is 35.9 Å². The number of ether oxygens (including phenoxy) is 1. The smallest absolute Gasteiger partial charge is 0.410 e. The van der Waals surface area contributed by atoms with Crippen LogP contribution in [-0.4, -0.2) is 72.3 Å². The zero-order valence-corrected chi connectivity index (χ0v) is 20.6.